The Morgan fingerprint density at radius 3 is 1.42 bits per heavy atom. The highest BCUT2D eigenvalue weighted by Gasteiger charge is 2.52. The van der Waals surface area contributed by atoms with E-state index in [1.165, 1.54) is 0 Å². The van der Waals surface area contributed by atoms with Crippen molar-refractivity contribution in [2.24, 2.45) is 5.92 Å². The lowest BCUT2D eigenvalue weighted by molar-refractivity contribution is -0.159. The summed E-state index contributed by atoms with van der Waals surface area (Å²) in [7, 11) is -4.21. The van der Waals surface area contributed by atoms with Gasteiger partial charge in [0.05, 0.1) is 45.4 Å². The van der Waals surface area contributed by atoms with Gasteiger partial charge in [-0.1, -0.05) is 66.7 Å². The van der Waals surface area contributed by atoms with Gasteiger partial charge in [0.15, 0.2) is 5.66 Å². The monoisotopic (exact) mass is 536 g/mol. The van der Waals surface area contributed by atoms with Crippen LogP contribution in [0.4, 0.5) is 0 Å². The normalized spacial score (nSPS) is 13.1. The fraction of sp³-hybridized carbons (Fsp3) is 0.885. The molecule has 0 aromatic rings. The van der Waals surface area contributed by atoms with E-state index in [1.54, 1.807) is 0 Å². The zero-order valence-corrected chi connectivity index (χ0v) is 24.0. The van der Waals surface area contributed by atoms with Gasteiger partial charge in [-0.15, -0.1) is 0 Å². The molecule has 0 fully saturated rings. The van der Waals surface area contributed by atoms with Gasteiger partial charge in [-0.05, 0) is 32.1 Å². The highest BCUT2D eigenvalue weighted by molar-refractivity contribution is 7.55. The van der Waals surface area contributed by atoms with E-state index >= 15 is 0 Å². The topological polar surface area (TPSA) is 114 Å². The third kappa shape index (κ3) is 14.3. The lowest BCUT2D eigenvalue weighted by Gasteiger charge is -2.30. The maximum atomic E-state index is 14.1. The zero-order valence-electron chi connectivity index (χ0n) is 23.1. The second-order valence-electron chi connectivity index (χ2n) is 8.78. The molecule has 0 spiro atoms. The zero-order chi connectivity index (χ0) is 27.2. The van der Waals surface area contributed by atoms with Crippen molar-refractivity contribution in [1.82, 2.24) is 0 Å². The summed E-state index contributed by atoms with van der Waals surface area (Å²) in [5, 5.41) is 0. The van der Waals surface area contributed by atoms with Crippen LogP contribution in [0.1, 0.15) is 105 Å². The molecule has 2 atom stereocenters. The third-order valence-electron chi connectivity index (χ3n) is 5.44. The summed E-state index contributed by atoms with van der Waals surface area (Å²) in [5.74, 6) is -3.80. The molecule has 0 rings (SSSR count). The van der Waals surface area contributed by atoms with E-state index in [1.807, 2.05) is 34.6 Å². The Balaban J connectivity index is 6.25. The molecule has 0 N–H and O–H groups in total. The molecule has 0 aliphatic carbocycles. The molecule has 0 aromatic carbocycles. The van der Waals surface area contributed by atoms with Crippen LogP contribution in [0, 0.1) is 5.92 Å². The summed E-state index contributed by atoms with van der Waals surface area (Å²) in [6.07, 6.45) is 6.50. The first-order chi connectivity index (χ1) is 17.3. The molecular formula is C26H49O9P. The van der Waals surface area contributed by atoms with E-state index in [0.717, 1.165) is 32.1 Å². The first-order valence-corrected chi connectivity index (χ1v) is 15.3. The standard InChI is InChI=1S/C26H49O9P/c1-6-11-16-31-23(27)21-22(25(28)32-17-12-7-2)24(26(29)33-18-13-8-3)36(30,34-19-14-9-4)35-20-15-10-5/h22,24H,6-21H2,1-5H3/t22-,24+/m0/s1. The first-order valence-electron chi connectivity index (χ1n) is 13.7. The second-order valence-corrected chi connectivity index (χ2v) is 10.9. The third-order valence-corrected chi connectivity index (χ3v) is 7.77. The SMILES string of the molecule is CCCCOC(=O)C[C@H](C(=O)OCCCC)[C@H](C(=O)OCCCC)P(=O)(OCCCC)OCCCC. The average molecular weight is 537 g/mol. The van der Waals surface area contributed by atoms with E-state index in [9.17, 15) is 18.9 Å². The van der Waals surface area contributed by atoms with Gasteiger partial charge in [0, 0.05) is 0 Å². The quantitative estimate of drug-likeness (QED) is 0.0650. The summed E-state index contributed by atoms with van der Waals surface area (Å²) in [5.41, 5.74) is -1.63. The molecule has 10 heteroatoms. The number of rotatable bonds is 23. The molecule has 0 aliphatic rings. The Bertz CT molecular complexity index is 639. The van der Waals surface area contributed by atoms with Gasteiger partial charge < -0.3 is 23.3 Å². The predicted octanol–water partition coefficient (Wildman–Crippen LogP) is 6.22. The van der Waals surface area contributed by atoms with Gasteiger partial charge in [0.25, 0.3) is 0 Å². The highest BCUT2D eigenvalue weighted by Crippen LogP contribution is 2.57. The number of ether oxygens (including phenoxy) is 3. The Kier molecular flexibility index (Phi) is 20.8. The Morgan fingerprint density at radius 2 is 0.972 bits per heavy atom. The van der Waals surface area contributed by atoms with Crippen molar-refractivity contribution in [1.29, 1.82) is 0 Å². The molecule has 0 amide bonds. The van der Waals surface area contributed by atoms with Crippen LogP contribution in [0.3, 0.4) is 0 Å². The van der Waals surface area contributed by atoms with E-state index in [0.29, 0.717) is 32.1 Å². The second kappa shape index (κ2) is 21.6. The summed E-state index contributed by atoms with van der Waals surface area (Å²) >= 11 is 0. The van der Waals surface area contributed by atoms with Crippen LogP contribution in [0.25, 0.3) is 0 Å². The number of hydrogen-bond acceptors (Lipinski definition) is 9. The van der Waals surface area contributed by atoms with Gasteiger partial charge in [-0.25, -0.2) is 0 Å². The van der Waals surface area contributed by atoms with Gasteiger partial charge in [-0.2, -0.15) is 0 Å². The van der Waals surface area contributed by atoms with E-state index in [2.05, 4.69) is 0 Å². The summed E-state index contributed by atoms with van der Waals surface area (Å²) in [6.45, 7) is 10.3. The molecule has 36 heavy (non-hydrogen) atoms. The van der Waals surface area contributed by atoms with Crippen molar-refractivity contribution in [2.45, 2.75) is 111 Å². The van der Waals surface area contributed by atoms with Gasteiger partial charge in [0.2, 0.25) is 0 Å². The number of carbonyl (C=O) groups excluding carboxylic acids is 3. The van der Waals surface area contributed by atoms with Gasteiger partial charge in [-0.3, -0.25) is 18.9 Å². The largest absolute Gasteiger partial charge is 0.466 e. The minimum atomic E-state index is -4.21. The average Bonchev–Trinajstić information content (AvgIpc) is 2.84. The van der Waals surface area contributed by atoms with Crippen molar-refractivity contribution < 1.29 is 42.2 Å². The molecule has 0 saturated carbocycles. The van der Waals surface area contributed by atoms with Gasteiger partial charge >= 0.3 is 25.5 Å². The van der Waals surface area contributed by atoms with Crippen LogP contribution in [0.5, 0.6) is 0 Å². The maximum Gasteiger partial charge on any atom is 0.345 e. The van der Waals surface area contributed by atoms with Crippen LogP contribution in [0.15, 0.2) is 0 Å². The number of esters is 3. The van der Waals surface area contributed by atoms with E-state index in [4.69, 9.17) is 23.3 Å². The van der Waals surface area contributed by atoms with Crippen LogP contribution in [-0.4, -0.2) is 56.6 Å². The lowest BCUT2D eigenvalue weighted by Crippen LogP contribution is -2.40. The highest BCUT2D eigenvalue weighted by atomic mass is 31.2. The molecule has 0 unspecified atom stereocenters. The molecule has 0 heterocycles. The van der Waals surface area contributed by atoms with Crippen LogP contribution in [0.2, 0.25) is 0 Å². The Morgan fingerprint density at radius 1 is 0.583 bits per heavy atom. The minimum Gasteiger partial charge on any atom is -0.466 e. The van der Waals surface area contributed by atoms with Gasteiger partial charge in [0.1, 0.15) is 0 Å². The van der Waals surface area contributed by atoms with Crippen LogP contribution in [-0.2, 0) is 42.2 Å². The molecule has 0 radical (unpaired) electrons. The maximum absolute atomic E-state index is 14.1. The van der Waals surface area contributed by atoms with E-state index < -0.39 is 43.5 Å². The minimum absolute atomic E-state index is 0.0805. The molecular weight excluding hydrogens is 487 g/mol. The molecule has 212 valence electrons. The van der Waals surface area contributed by atoms with Crippen LogP contribution < -0.4 is 0 Å². The first kappa shape index (κ1) is 34.6. The molecule has 0 saturated heterocycles. The predicted molar refractivity (Wildman–Crippen MR) is 139 cm³/mol. The summed E-state index contributed by atoms with van der Waals surface area (Å²) in [6, 6.07) is 0. The van der Waals surface area contributed by atoms with Crippen molar-refractivity contribution in [3.05, 3.63) is 0 Å². The number of unbranched alkanes of at least 4 members (excludes halogenated alkanes) is 5. The Hall–Kier alpha value is -1.44. The van der Waals surface area contributed by atoms with Crippen molar-refractivity contribution >= 4 is 25.5 Å². The molecule has 9 nitrogen and oxygen atoms in total. The lowest BCUT2D eigenvalue weighted by atomic mass is 10.0. The number of carbonyl (C=O) groups is 3. The smallest absolute Gasteiger partial charge is 0.345 e. The van der Waals surface area contributed by atoms with Crippen molar-refractivity contribution in [3.8, 4) is 0 Å². The van der Waals surface area contributed by atoms with Crippen molar-refractivity contribution in [2.75, 3.05) is 33.0 Å². The van der Waals surface area contributed by atoms with E-state index in [-0.39, 0.29) is 33.0 Å². The molecule has 0 aromatic heterocycles. The van der Waals surface area contributed by atoms with Crippen molar-refractivity contribution in [3.63, 3.8) is 0 Å². The van der Waals surface area contributed by atoms with Crippen LogP contribution >= 0.6 is 7.60 Å². The molecule has 0 aliphatic heterocycles. The fourth-order valence-electron chi connectivity index (χ4n) is 3.10. The number of hydrogen-bond donors (Lipinski definition) is 0. The fourth-order valence-corrected chi connectivity index (χ4v) is 5.27. The Labute approximate surface area is 217 Å². The molecule has 0 bridgehead atoms. The summed E-state index contributed by atoms with van der Waals surface area (Å²) in [4.78, 5) is 39.2. The summed E-state index contributed by atoms with van der Waals surface area (Å²) < 4.78 is 41.6.